The van der Waals surface area contributed by atoms with Crippen LogP contribution in [0.2, 0.25) is 0 Å². The standard InChI is InChI=1S/C17H25FN4S.HI/c1-3-13-23-14-8-20-17(19-2)22-11-9-21(10-12-22)16-7-5-4-6-15(16)18;/h3-7H,1,8-14H2,2H3,(H,19,20);1H. The van der Waals surface area contributed by atoms with Gasteiger partial charge in [-0.25, -0.2) is 4.39 Å². The van der Waals surface area contributed by atoms with Crippen LogP contribution in [0.4, 0.5) is 10.1 Å². The monoisotopic (exact) mass is 464 g/mol. The highest BCUT2D eigenvalue weighted by Crippen LogP contribution is 2.20. The van der Waals surface area contributed by atoms with Gasteiger partial charge in [0.1, 0.15) is 5.82 Å². The molecule has 1 saturated heterocycles. The van der Waals surface area contributed by atoms with Crippen molar-refractivity contribution in [2.45, 2.75) is 0 Å². The summed E-state index contributed by atoms with van der Waals surface area (Å²) in [4.78, 5) is 8.68. The third-order valence-corrected chi connectivity index (χ3v) is 4.71. The number of hydrogen-bond donors (Lipinski definition) is 1. The van der Waals surface area contributed by atoms with Gasteiger partial charge in [-0.3, -0.25) is 4.99 Å². The van der Waals surface area contributed by atoms with Crippen LogP contribution in [0.1, 0.15) is 0 Å². The predicted octanol–water partition coefficient (Wildman–Crippen LogP) is 3.06. The van der Waals surface area contributed by atoms with Crippen LogP contribution in [-0.4, -0.2) is 62.1 Å². The van der Waals surface area contributed by atoms with E-state index in [1.54, 1.807) is 6.07 Å². The van der Waals surface area contributed by atoms with E-state index < -0.39 is 0 Å². The predicted molar refractivity (Wildman–Crippen MR) is 114 cm³/mol. The van der Waals surface area contributed by atoms with Crippen molar-refractivity contribution in [1.82, 2.24) is 10.2 Å². The number of thioether (sulfide) groups is 1. The number of benzene rings is 1. The van der Waals surface area contributed by atoms with E-state index in [0.717, 1.165) is 50.2 Å². The molecule has 4 nitrogen and oxygen atoms in total. The molecule has 1 aromatic carbocycles. The summed E-state index contributed by atoms with van der Waals surface area (Å²) in [6, 6.07) is 6.97. The average molecular weight is 464 g/mol. The van der Waals surface area contributed by atoms with Gasteiger partial charge in [-0.1, -0.05) is 18.2 Å². The molecule has 0 spiro atoms. The van der Waals surface area contributed by atoms with E-state index in [1.165, 1.54) is 6.07 Å². The fourth-order valence-corrected chi connectivity index (χ4v) is 3.18. The molecule has 0 aromatic heterocycles. The molecule has 1 aliphatic heterocycles. The molecule has 24 heavy (non-hydrogen) atoms. The lowest BCUT2D eigenvalue weighted by molar-refractivity contribution is 0.372. The second-order valence-electron chi connectivity index (χ2n) is 5.26. The molecule has 7 heteroatoms. The quantitative estimate of drug-likeness (QED) is 0.231. The SMILES string of the molecule is C=CCSCCNC(=NC)N1CCN(c2ccccc2F)CC1.I. The zero-order chi connectivity index (χ0) is 16.5. The van der Waals surface area contributed by atoms with Crippen molar-refractivity contribution in [3.8, 4) is 0 Å². The summed E-state index contributed by atoms with van der Waals surface area (Å²) in [7, 11) is 1.81. The van der Waals surface area contributed by atoms with Gasteiger partial charge < -0.3 is 15.1 Å². The van der Waals surface area contributed by atoms with Gasteiger partial charge in [0.25, 0.3) is 0 Å². The van der Waals surface area contributed by atoms with Crippen LogP contribution in [0, 0.1) is 5.82 Å². The smallest absolute Gasteiger partial charge is 0.193 e. The number of aliphatic imine (C=N–C) groups is 1. The van der Waals surface area contributed by atoms with Crippen LogP contribution < -0.4 is 10.2 Å². The minimum Gasteiger partial charge on any atom is -0.366 e. The van der Waals surface area contributed by atoms with Crippen molar-refractivity contribution in [3.63, 3.8) is 0 Å². The molecule has 134 valence electrons. The number of rotatable bonds is 6. The third kappa shape index (κ3) is 6.16. The zero-order valence-electron chi connectivity index (χ0n) is 14.1. The van der Waals surface area contributed by atoms with E-state index in [-0.39, 0.29) is 29.8 Å². The molecule has 0 saturated carbocycles. The van der Waals surface area contributed by atoms with Crippen LogP contribution >= 0.6 is 35.7 Å². The molecule has 0 bridgehead atoms. The summed E-state index contributed by atoms with van der Waals surface area (Å²) in [6.07, 6.45) is 1.92. The van der Waals surface area contributed by atoms with Crippen LogP contribution in [-0.2, 0) is 0 Å². The van der Waals surface area contributed by atoms with Crippen LogP contribution in [0.15, 0.2) is 41.9 Å². The Morgan fingerprint density at radius 1 is 1.33 bits per heavy atom. The van der Waals surface area contributed by atoms with Crippen molar-refractivity contribution in [2.24, 2.45) is 4.99 Å². The number of hydrogen-bond acceptors (Lipinski definition) is 3. The Morgan fingerprint density at radius 3 is 2.67 bits per heavy atom. The van der Waals surface area contributed by atoms with Crippen molar-refractivity contribution in [3.05, 3.63) is 42.7 Å². The van der Waals surface area contributed by atoms with Gasteiger partial charge in [0.2, 0.25) is 0 Å². The van der Waals surface area contributed by atoms with E-state index in [1.807, 2.05) is 37.0 Å². The topological polar surface area (TPSA) is 30.9 Å². The van der Waals surface area contributed by atoms with Gasteiger partial charge in [0.05, 0.1) is 5.69 Å². The number of guanidine groups is 1. The highest BCUT2D eigenvalue weighted by Gasteiger charge is 2.21. The lowest BCUT2D eigenvalue weighted by Crippen LogP contribution is -2.53. The van der Waals surface area contributed by atoms with Crippen molar-refractivity contribution in [1.29, 1.82) is 0 Å². The molecule has 0 radical (unpaired) electrons. The number of piperazine rings is 1. The molecule has 0 unspecified atom stereocenters. The highest BCUT2D eigenvalue weighted by atomic mass is 127. The number of halogens is 2. The van der Waals surface area contributed by atoms with Crippen molar-refractivity contribution in [2.75, 3.05) is 56.2 Å². The second-order valence-corrected chi connectivity index (χ2v) is 6.41. The minimum atomic E-state index is -0.150. The molecule has 1 N–H and O–H groups in total. The Labute approximate surface area is 165 Å². The number of nitrogens with one attached hydrogen (secondary N) is 1. The average Bonchev–Trinajstić information content (AvgIpc) is 2.59. The molecule has 0 amide bonds. The van der Waals surface area contributed by atoms with Gasteiger partial charge in [-0.15, -0.1) is 30.6 Å². The third-order valence-electron chi connectivity index (χ3n) is 3.75. The molecule has 1 heterocycles. The van der Waals surface area contributed by atoms with Crippen LogP contribution in [0.5, 0.6) is 0 Å². The Morgan fingerprint density at radius 2 is 2.04 bits per heavy atom. The van der Waals surface area contributed by atoms with E-state index >= 15 is 0 Å². The van der Waals surface area contributed by atoms with Crippen molar-refractivity contribution < 1.29 is 4.39 Å². The van der Waals surface area contributed by atoms with Gasteiger partial charge in [-0.2, -0.15) is 11.8 Å². The fraction of sp³-hybridized carbons (Fsp3) is 0.471. The zero-order valence-corrected chi connectivity index (χ0v) is 17.2. The summed E-state index contributed by atoms with van der Waals surface area (Å²) in [5.41, 5.74) is 0.691. The van der Waals surface area contributed by atoms with Gasteiger partial charge in [0, 0.05) is 51.3 Å². The maximum atomic E-state index is 13.9. The normalized spacial score (nSPS) is 15.0. The van der Waals surface area contributed by atoms with E-state index in [9.17, 15) is 4.39 Å². The second kappa shape index (κ2) is 11.6. The Balaban J connectivity index is 0.00000288. The minimum absolute atomic E-state index is 0. The van der Waals surface area contributed by atoms with Crippen molar-refractivity contribution >= 4 is 47.4 Å². The van der Waals surface area contributed by atoms with Gasteiger partial charge in [0.15, 0.2) is 5.96 Å². The Kier molecular flexibility index (Phi) is 10.2. The lowest BCUT2D eigenvalue weighted by atomic mass is 10.2. The summed E-state index contributed by atoms with van der Waals surface area (Å²) in [5, 5.41) is 3.39. The van der Waals surface area contributed by atoms with E-state index in [2.05, 4.69) is 26.7 Å². The summed E-state index contributed by atoms with van der Waals surface area (Å²) in [5.74, 6) is 2.78. The molecule has 1 fully saturated rings. The highest BCUT2D eigenvalue weighted by molar-refractivity contribution is 14.0. The molecule has 1 aromatic rings. The van der Waals surface area contributed by atoms with Crippen LogP contribution in [0.25, 0.3) is 0 Å². The molecule has 1 aliphatic rings. The number of anilines is 1. The first kappa shape index (κ1) is 21.1. The molecule has 2 rings (SSSR count). The van der Waals surface area contributed by atoms with E-state index in [0.29, 0.717) is 5.69 Å². The molecular formula is C17H26FIN4S. The molecule has 0 aliphatic carbocycles. The number of para-hydroxylation sites is 1. The van der Waals surface area contributed by atoms with Crippen LogP contribution in [0.3, 0.4) is 0 Å². The molecule has 0 atom stereocenters. The fourth-order valence-electron chi connectivity index (χ4n) is 2.60. The Hall–Kier alpha value is -0.960. The first-order valence-electron chi connectivity index (χ1n) is 7.90. The largest absolute Gasteiger partial charge is 0.366 e. The maximum Gasteiger partial charge on any atom is 0.193 e. The maximum absolute atomic E-state index is 13.9. The summed E-state index contributed by atoms with van der Waals surface area (Å²) >= 11 is 1.85. The first-order chi connectivity index (χ1) is 11.3. The molecular weight excluding hydrogens is 438 g/mol. The van der Waals surface area contributed by atoms with Gasteiger partial charge in [-0.05, 0) is 12.1 Å². The van der Waals surface area contributed by atoms with Gasteiger partial charge >= 0.3 is 0 Å². The first-order valence-corrected chi connectivity index (χ1v) is 9.05. The van der Waals surface area contributed by atoms with E-state index in [4.69, 9.17) is 0 Å². The number of nitrogens with zero attached hydrogens (tertiary/aromatic N) is 3. The Bertz CT molecular complexity index is 533. The summed E-state index contributed by atoms with van der Waals surface area (Å²) < 4.78 is 13.9. The summed E-state index contributed by atoms with van der Waals surface area (Å²) in [6.45, 7) is 7.88. The lowest BCUT2D eigenvalue weighted by Gasteiger charge is -2.37.